The van der Waals surface area contributed by atoms with E-state index in [2.05, 4.69) is 5.32 Å². The Bertz CT molecular complexity index is 348. The average Bonchev–Trinajstić information content (AvgIpc) is 2.28. The zero-order chi connectivity index (χ0) is 12.7. The number of nitrogens with one attached hydrogen (secondary N) is 1. The highest BCUT2D eigenvalue weighted by molar-refractivity contribution is 5.76. The molecule has 0 heterocycles. The molecule has 0 fully saturated rings. The minimum absolute atomic E-state index is 0.0163. The lowest BCUT2D eigenvalue weighted by Crippen LogP contribution is -2.25. The van der Waals surface area contributed by atoms with Crippen LogP contribution in [-0.4, -0.2) is 24.7 Å². The van der Waals surface area contributed by atoms with Gasteiger partial charge < -0.3 is 15.2 Å². The smallest absolute Gasteiger partial charge is 0.220 e. The molecule has 0 aliphatic rings. The Balaban J connectivity index is 2.30. The van der Waals surface area contributed by atoms with Crippen LogP contribution in [0.1, 0.15) is 18.9 Å². The fourth-order valence-electron chi connectivity index (χ4n) is 1.55. The molecule has 1 amide bonds. The van der Waals surface area contributed by atoms with Gasteiger partial charge in [0.25, 0.3) is 0 Å². The van der Waals surface area contributed by atoms with Gasteiger partial charge in [0.1, 0.15) is 5.75 Å². The van der Waals surface area contributed by atoms with E-state index in [-0.39, 0.29) is 17.6 Å². The minimum atomic E-state index is 0.0163. The van der Waals surface area contributed by atoms with E-state index in [9.17, 15) is 4.79 Å². The van der Waals surface area contributed by atoms with Crippen LogP contribution in [0.25, 0.3) is 0 Å². The second-order valence-corrected chi connectivity index (χ2v) is 4.21. The maximum Gasteiger partial charge on any atom is 0.220 e. The summed E-state index contributed by atoms with van der Waals surface area (Å²) >= 11 is 0. The normalized spacial score (nSPS) is 12.1. The Labute approximate surface area is 102 Å². The number of ether oxygens (including phenoxy) is 1. The summed E-state index contributed by atoms with van der Waals surface area (Å²) in [6, 6.07) is 6.78. The molecule has 1 atom stereocenters. The van der Waals surface area contributed by atoms with Crippen molar-refractivity contribution in [1.82, 2.24) is 5.32 Å². The van der Waals surface area contributed by atoms with E-state index in [1.807, 2.05) is 6.92 Å². The van der Waals surface area contributed by atoms with E-state index in [1.54, 1.807) is 31.4 Å². The number of rotatable bonds is 6. The molecule has 0 aliphatic heterocycles. The number of phenolic OH excluding ortho intramolecular Hbond substituents is 1. The van der Waals surface area contributed by atoms with E-state index < -0.39 is 0 Å². The van der Waals surface area contributed by atoms with Gasteiger partial charge in [-0.3, -0.25) is 4.79 Å². The summed E-state index contributed by atoms with van der Waals surface area (Å²) in [6.45, 7) is 3.05. The van der Waals surface area contributed by atoms with E-state index in [4.69, 9.17) is 9.84 Å². The van der Waals surface area contributed by atoms with Crippen LogP contribution in [-0.2, 0) is 16.1 Å². The Hall–Kier alpha value is -1.55. The second kappa shape index (κ2) is 6.91. The Morgan fingerprint density at radius 1 is 1.41 bits per heavy atom. The number of methoxy groups -OCH3 is 1. The van der Waals surface area contributed by atoms with Crippen molar-refractivity contribution < 1.29 is 14.6 Å². The average molecular weight is 237 g/mol. The molecule has 1 aromatic rings. The van der Waals surface area contributed by atoms with Gasteiger partial charge in [-0.05, 0) is 23.6 Å². The first-order valence-electron chi connectivity index (χ1n) is 5.65. The molecule has 0 radical (unpaired) electrons. The standard InChI is InChI=1S/C13H19NO3/c1-10(9-17-2)7-13(16)14-8-11-3-5-12(15)6-4-11/h3-6,10,15H,7-9H2,1-2H3,(H,14,16). The Kier molecular flexibility index (Phi) is 5.49. The molecule has 0 spiro atoms. The predicted molar refractivity (Wildman–Crippen MR) is 65.6 cm³/mol. The van der Waals surface area contributed by atoms with Crippen LogP contribution in [0.5, 0.6) is 5.75 Å². The molecule has 0 saturated carbocycles. The summed E-state index contributed by atoms with van der Waals surface area (Å²) in [5.74, 6) is 0.469. The lowest BCUT2D eigenvalue weighted by Gasteiger charge is -2.10. The number of hydrogen-bond donors (Lipinski definition) is 2. The van der Waals surface area contributed by atoms with Crippen LogP contribution in [0.15, 0.2) is 24.3 Å². The Morgan fingerprint density at radius 2 is 2.06 bits per heavy atom. The quantitative estimate of drug-likeness (QED) is 0.791. The summed E-state index contributed by atoms with van der Waals surface area (Å²) in [7, 11) is 1.63. The van der Waals surface area contributed by atoms with Gasteiger partial charge in [-0.25, -0.2) is 0 Å². The number of aromatic hydroxyl groups is 1. The fourth-order valence-corrected chi connectivity index (χ4v) is 1.55. The third-order valence-electron chi connectivity index (χ3n) is 2.41. The molecule has 1 aromatic carbocycles. The van der Waals surface area contributed by atoms with Crippen LogP contribution >= 0.6 is 0 Å². The molecular formula is C13H19NO3. The Morgan fingerprint density at radius 3 is 2.65 bits per heavy atom. The molecule has 1 unspecified atom stereocenters. The van der Waals surface area contributed by atoms with Crippen molar-refractivity contribution in [1.29, 1.82) is 0 Å². The number of hydrogen-bond acceptors (Lipinski definition) is 3. The van der Waals surface area contributed by atoms with Crippen LogP contribution < -0.4 is 5.32 Å². The zero-order valence-corrected chi connectivity index (χ0v) is 10.3. The van der Waals surface area contributed by atoms with Gasteiger partial charge in [-0.1, -0.05) is 19.1 Å². The van der Waals surface area contributed by atoms with Crippen LogP contribution in [0.4, 0.5) is 0 Å². The highest BCUT2D eigenvalue weighted by Gasteiger charge is 2.08. The van der Waals surface area contributed by atoms with E-state index in [1.165, 1.54) is 0 Å². The first kappa shape index (κ1) is 13.5. The van der Waals surface area contributed by atoms with Crippen molar-refractivity contribution in [3.05, 3.63) is 29.8 Å². The molecule has 17 heavy (non-hydrogen) atoms. The number of benzene rings is 1. The second-order valence-electron chi connectivity index (χ2n) is 4.21. The van der Waals surface area contributed by atoms with E-state index in [0.29, 0.717) is 19.6 Å². The van der Waals surface area contributed by atoms with Crippen molar-refractivity contribution in [3.63, 3.8) is 0 Å². The summed E-state index contributed by atoms with van der Waals surface area (Å²) < 4.78 is 4.97. The molecule has 4 heteroatoms. The third-order valence-corrected chi connectivity index (χ3v) is 2.41. The van der Waals surface area contributed by atoms with Crippen molar-refractivity contribution in [2.45, 2.75) is 19.9 Å². The van der Waals surface area contributed by atoms with Gasteiger partial charge in [0.15, 0.2) is 0 Å². The van der Waals surface area contributed by atoms with E-state index >= 15 is 0 Å². The molecular weight excluding hydrogens is 218 g/mol. The van der Waals surface area contributed by atoms with Crippen molar-refractivity contribution in [2.75, 3.05) is 13.7 Å². The summed E-state index contributed by atoms with van der Waals surface area (Å²) in [5, 5.41) is 11.9. The maximum atomic E-state index is 11.6. The van der Waals surface area contributed by atoms with Gasteiger partial charge in [-0.2, -0.15) is 0 Å². The summed E-state index contributed by atoms with van der Waals surface area (Å²) in [4.78, 5) is 11.6. The zero-order valence-electron chi connectivity index (χ0n) is 10.3. The SMILES string of the molecule is COCC(C)CC(=O)NCc1ccc(O)cc1. The predicted octanol–water partition coefficient (Wildman–Crippen LogP) is 1.68. The van der Waals surface area contributed by atoms with Crippen molar-refractivity contribution in [2.24, 2.45) is 5.92 Å². The number of phenols is 1. The van der Waals surface area contributed by atoms with Crippen LogP contribution in [0, 0.1) is 5.92 Å². The molecule has 2 N–H and O–H groups in total. The van der Waals surface area contributed by atoms with Gasteiger partial charge in [-0.15, -0.1) is 0 Å². The first-order valence-corrected chi connectivity index (χ1v) is 5.65. The summed E-state index contributed by atoms with van der Waals surface area (Å²) in [6.07, 6.45) is 0.464. The monoisotopic (exact) mass is 237 g/mol. The van der Waals surface area contributed by atoms with Gasteiger partial charge in [0.05, 0.1) is 0 Å². The number of carbonyl (C=O) groups excluding carboxylic acids is 1. The molecule has 0 aliphatic carbocycles. The first-order chi connectivity index (χ1) is 8.11. The van der Waals surface area contributed by atoms with Gasteiger partial charge in [0, 0.05) is 26.7 Å². The summed E-state index contributed by atoms with van der Waals surface area (Å²) in [5.41, 5.74) is 0.968. The highest BCUT2D eigenvalue weighted by Crippen LogP contribution is 2.09. The molecule has 94 valence electrons. The van der Waals surface area contributed by atoms with Crippen molar-refractivity contribution in [3.8, 4) is 5.75 Å². The van der Waals surface area contributed by atoms with Crippen molar-refractivity contribution >= 4 is 5.91 Å². The van der Waals surface area contributed by atoms with Gasteiger partial charge >= 0.3 is 0 Å². The topological polar surface area (TPSA) is 58.6 Å². The highest BCUT2D eigenvalue weighted by atomic mass is 16.5. The van der Waals surface area contributed by atoms with E-state index in [0.717, 1.165) is 5.56 Å². The molecule has 0 bridgehead atoms. The third kappa shape index (κ3) is 5.36. The molecule has 0 aromatic heterocycles. The maximum absolute atomic E-state index is 11.6. The number of carbonyl (C=O) groups is 1. The van der Waals surface area contributed by atoms with Crippen LogP contribution in [0.3, 0.4) is 0 Å². The van der Waals surface area contributed by atoms with Crippen LogP contribution in [0.2, 0.25) is 0 Å². The fraction of sp³-hybridized carbons (Fsp3) is 0.462. The number of amides is 1. The minimum Gasteiger partial charge on any atom is -0.508 e. The lowest BCUT2D eigenvalue weighted by atomic mass is 10.1. The molecule has 1 rings (SSSR count). The van der Waals surface area contributed by atoms with Gasteiger partial charge in [0.2, 0.25) is 5.91 Å². The molecule has 4 nitrogen and oxygen atoms in total. The largest absolute Gasteiger partial charge is 0.508 e. The lowest BCUT2D eigenvalue weighted by molar-refractivity contribution is -0.122. The molecule has 0 saturated heterocycles.